The van der Waals surface area contributed by atoms with E-state index in [0.29, 0.717) is 0 Å². The van der Waals surface area contributed by atoms with Crippen LogP contribution in [-0.4, -0.2) is 15.7 Å². The second-order valence-electron chi connectivity index (χ2n) is 6.21. The molecule has 0 saturated heterocycles. The molecule has 0 spiro atoms. The van der Waals surface area contributed by atoms with Gasteiger partial charge in [-0.15, -0.1) is 11.3 Å². The van der Waals surface area contributed by atoms with Gasteiger partial charge in [-0.2, -0.15) is 0 Å². The molecular weight excluding hydrogens is 266 g/mol. The number of hydrogen-bond acceptors (Lipinski definition) is 3. The van der Waals surface area contributed by atoms with Crippen molar-refractivity contribution in [2.75, 3.05) is 0 Å². The van der Waals surface area contributed by atoms with E-state index >= 15 is 0 Å². The van der Waals surface area contributed by atoms with E-state index in [9.17, 15) is 5.11 Å². The molecule has 3 heteroatoms. The lowest BCUT2D eigenvalue weighted by atomic mass is 9.76. The zero-order valence-electron chi connectivity index (χ0n) is 12.1. The average Bonchev–Trinajstić information content (AvgIpc) is 2.83. The average molecular weight is 289 g/mol. The normalized spacial score (nSPS) is 27.0. The fourth-order valence-electron chi connectivity index (χ4n) is 3.37. The zero-order chi connectivity index (χ0) is 14.0. The largest absolute Gasteiger partial charge is 0.389 e. The van der Waals surface area contributed by atoms with Crippen LogP contribution in [-0.2, 0) is 6.42 Å². The van der Waals surface area contributed by atoms with Crippen molar-refractivity contribution < 1.29 is 5.11 Å². The van der Waals surface area contributed by atoms with Crippen LogP contribution in [0.15, 0.2) is 24.3 Å². The number of para-hydroxylation sites is 1. The van der Waals surface area contributed by atoms with Crippen LogP contribution in [0.5, 0.6) is 0 Å². The molecule has 1 N–H and O–H groups in total. The predicted molar refractivity (Wildman–Crippen MR) is 85.1 cm³/mol. The number of rotatable bonds is 4. The molecule has 2 nitrogen and oxygen atoms in total. The van der Waals surface area contributed by atoms with Crippen molar-refractivity contribution >= 4 is 21.6 Å². The van der Waals surface area contributed by atoms with Gasteiger partial charge in [0.15, 0.2) is 0 Å². The second-order valence-corrected chi connectivity index (χ2v) is 7.32. The maximum Gasteiger partial charge on any atom is 0.0967 e. The van der Waals surface area contributed by atoms with Gasteiger partial charge in [-0.05, 0) is 43.7 Å². The van der Waals surface area contributed by atoms with Gasteiger partial charge in [-0.3, -0.25) is 0 Å². The van der Waals surface area contributed by atoms with E-state index in [2.05, 4.69) is 30.1 Å². The molecule has 0 radical (unpaired) electrons. The van der Waals surface area contributed by atoms with Crippen LogP contribution in [0.1, 0.15) is 50.5 Å². The highest BCUT2D eigenvalue weighted by molar-refractivity contribution is 7.18. The fraction of sp³-hybridized carbons (Fsp3) is 0.588. The Balaban J connectivity index is 1.68. The van der Waals surface area contributed by atoms with Gasteiger partial charge >= 0.3 is 0 Å². The van der Waals surface area contributed by atoms with Crippen LogP contribution >= 0.6 is 11.3 Å². The molecule has 0 bridgehead atoms. The van der Waals surface area contributed by atoms with Gasteiger partial charge in [0.25, 0.3) is 0 Å². The number of aliphatic hydroxyl groups is 1. The molecule has 1 aliphatic carbocycles. The smallest absolute Gasteiger partial charge is 0.0967 e. The molecule has 1 saturated carbocycles. The molecule has 0 aliphatic heterocycles. The number of fused-ring (bicyclic) bond motifs is 1. The zero-order valence-corrected chi connectivity index (χ0v) is 13.0. The molecular formula is C17H23NOS. The lowest BCUT2D eigenvalue weighted by Crippen LogP contribution is -2.36. The highest BCUT2D eigenvalue weighted by Gasteiger charge is 2.33. The Morgan fingerprint density at radius 3 is 2.75 bits per heavy atom. The van der Waals surface area contributed by atoms with E-state index in [-0.39, 0.29) is 0 Å². The Bertz CT molecular complexity index is 536. The summed E-state index contributed by atoms with van der Waals surface area (Å²) < 4.78 is 1.23. The Kier molecular flexibility index (Phi) is 4.08. The Labute approximate surface area is 124 Å². The highest BCUT2D eigenvalue weighted by atomic mass is 32.1. The summed E-state index contributed by atoms with van der Waals surface area (Å²) in [6, 6.07) is 8.24. The van der Waals surface area contributed by atoms with Crippen LogP contribution < -0.4 is 0 Å². The molecule has 2 aromatic rings. The van der Waals surface area contributed by atoms with Gasteiger partial charge in [0.1, 0.15) is 0 Å². The summed E-state index contributed by atoms with van der Waals surface area (Å²) in [5.41, 5.74) is 0.550. The first-order valence-electron chi connectivity index (χ1n) is 7.75. The molecule has 1 aromatic carbocycles. The predicted octanol–water partition coefficient (Wildman–Crippen LogP) is 4.56. The minimum atomic E-state index is -0.516. The summed E-state index contributed by atoms with van der Waals surface area (Å²) in [6.45, 7) is 2.25. The van der Waals surface area contributed by atoms with E-state index < -0.39 is 5.60 Å². The number of nitrogens with zero attached hydrogens (tertiary/aromatic N) is 1. The minimum absolute atomic E-state index is 0.516. The maximum absolute atomic E-state index is 10.8. The van der Waals surface area contributed by atoms with Crippen molar-refractivity contribution in [3.63, 3.8) is 0 Å². The van der Waals surface area contributed by atoms with E-state index in [1.54, 1.807) is 11.3 Å². The number of aromatic nitrogens is 1. The molecule has 108 valence electrons. The van der Waals surface area contributed by atoms with Crippen LogP contribution in [0.25, 0.3) is 10.2 Å². The SMILES string of the molecule is CCCC1CCC(O)(Cc2nc3ccccc3s2)CC1. The van der Waals surface area contributed by atoms with Crippen LogP contribution in [0, 0.1) is 5.92 Å². The summed E-state index contributed by atoms with van der Waals surface area (Å²) in [5.74, 6) is 0.829. The van der Waals surface area contributed by atoms with Gasteiger partial charge in [0.05, 0.1) is 20.8 Å². The van der Waals surface area contributed by atoms with Crippen LogP contribution in [0.4, 0.5) is 0 Å². The van der Waals surface area contributed by atoms with Crippen molar-refractivity contribution in [2.24, 2.45) is 5.92 Å². The third kappa shape index (κ3) is 3.04. The summed E-state index contributed by atoms with van der Waals surface area (Å²) in [5, 5.41) is 11.9. The van der Waals surface area contributed by atoms with Crippen molar-refractivity contribution in [1.29, 1.82) is 0 Å². The van der Waals surface area contributed by atoms with Crippen molar-refractivity contribution in [3.05, 3.63) is 29.3 Å². The molecule has 0 amide bonds. The topological polar surface area (TPSA) is 33.1 Å². The summed E-state index contributed by atoms with van der Waals surface area (Å²) in [7, 11) is 0. The highest BCUT2D eigenvalue weighted by Crippen LogP contribution is 2.37. The third-order valence-electron chi connectivity index (χ3n) is 4.55. The molecule has 1 fully saturated rings. The molecule has 20 heavy (non-hydrogen) atoms. The molecule has 1 aliphatic rings. The summed E-state index contributed by atoms with van der Waals surface area (Å²) in [6.07, 6.45) is 7.54. The monoisotopic (exact) mass is 289 g/mol. The van der Waals surface area contributed by atoms with Crippen molar-refractivity contribution in [2.45, 2.75) is 57.5 Å². The number of hydrogen-bond donors (Lipinski definition) is 1. The number of thiazole rings is 1. The summed E-state index contributed by atoms with van der Waals surface area (Å²) in [4.78, 5) is 4.67. The van der Waals surface area contributed by atoms with Crippen LogP contribution in [0.2, 0.25) is 0 Å². The first-order valence-corrected chi connectivity index (χ1v) is 8.57. The number of benzene rings is 1. The van der Waals surface area contributed by atoms with Gasteiger partial charge in [0.2, 0.25) is 0 Å². The standard InChI is InChI=1S/C17H23NOS/c1-2-5-13-8-10-17(19,11-9-13)12-16-18-14-6-3-4-7-15(14)20-16/h3-4,6-7,13,19H,2,5,8-12H2,1H3. The third-order valence-corrected chi connectivity index (χ3v) is 5.59. The lowest BCUT2D eigenvalue weighted by Gasteiger charge is -2.35. The Morgan fingerprint density at radius 2 is 2.05 bits per heavy atom. The van der Waals surface area contributed by atoms with Gasteiger partial charge in [-0.1, -0.05) is 31.9 Å². The lowest BCUT2D eigenvalue weighted by molar-refractivity contribution is -0.00986. The van der Waals surface area contributed by atoms with Crippen molar-refractivity contribution in [3.8, 4) is 0 Å². The molecule has 0 atom stereocenters. The first kappa shape index (κ1) is 14.0. The van der Waals surface area contributed by atoms with Gasteiger partial charge < -0.3 is 5.11 Å². The molecule has 0 unspecified atom stereocenters. The fourth-order valence-corrected chi connectivity index (χ4v) is 4.47. The van der Waals surface area contributed by atoms with E-state index in [1.165, 1.54) is 30.4 Å². The quantitative estimate of drug-likeness (QED) is 0.895. The van der Waals surface area contributed by atoms with E-state index in [1.807, 2.05) is 6.07 Å². The minimum Gasteiger partial charge on any atom is -0.389 e. The van der Waals surface area contributed by atoms with Gasteiger partial charge in [-0.25, -0.2) is 4.98 Å². The van der Waals surface area contributed by atoms with Crippen molar-refractivity contribution in [1.82, 2.24) is 4.98 Å². The first-order chi connectivity index (χ1) is 9.68. The maximum atomic E-state index is 10.8. The Hall–Kier alpha value is -0.930. The van der Waals surface area contributed by atoms with Gasteiger partial charge in [0, 0.05) is 6.42 Å². The van der Waals surface area contributed by atoms with E-state index in [4.69, 9.17) is 0 Å². The molecule has 1 heterocycles. The molecule has 3 rings (SSSR count). The summed E-state index contributed by atoms with van der Waals surface area (Å²) >= 11 is 1.73. The molecule has 1 aromatic heterocycles. The Morgan fingerprint density at radius 1 is 1.30 bits per heavy atom. The van der Waals surface area contributed by atoms with Crippen LogP contribution in [0.3, 0.4) is 0 Å². The second kappa shape index (κ2) is 5.82. The van der Waals surface area contributed by atoms with E-state index in [0.717, 1.165) is 35.7 Å².